The number of rotatable bonds is 5. The summed E-state index contributed by atoms with van der Waals surface area (Å²) < 4.78 is 9.34. The zero-order chi connectivity index (χ0) is 14.4. The highest BCUT2D eigenvalue weighted by molar-refractivity contribution is 5.94. The molecule has 0 aromatic carbocycles. The van der Waals surface area contributed by atoms with Gasteiger partial charge in [0.15, 0.2) is 5.92 Å². The summed E-state index contributed by atoms with van der Waals surface area (Å²) >= 11 is 0. The van der Waals surface area contributed by atoms with Gasteiger partial charge in [-0.1, -0.05) is 31.2 Å². The Morgan fingerprint density at radius 3 is 2.37 bits per heavy atom. The van der Waals surface area contributed by atoms with Gasteiger partial charge in [-0.2, -0.15) is 0 Å². The van der Waals surface area contributed by atoms with E-state index in [1.165, 1.54) is 14.2 Å². The molecule has 19 heavy (non-hydrogen) atoms. The van der Waals surface area contributed by atoms with E-state index >= 15 is 0 Å². The molecule has 0 N–H and O–H groups in total. The van der Waals surface area contributed by atoms with Gasteiger partial charge in [0.25, 0.3) is 0 Å². The average Bonchev–Trinajstić information content (AvgIpc) is 2.43. The van der Waals surface area contributed by atoms with E-state index in [1.54, 1.807) is 0 Å². The van der Waals surface area contributed by atoms with Crippen LogP contribution in [0.3, 0.4) is 0 Å². The quantitative estimate of drug-likeness (QED) is 0.566. The molecule has 0 unspecified atom stereocenters. The van der Waals surface area contributed by atoms with E-state index in [4.69, 9.17) is 0 Å². The molecule has 106 valence electrons. The molecule has 0 radical (unpaired) electrons. The lowest BCUT2D eigenvalue weighted by molar-refractivity contribution is -0.159. The summed E-state index contributed by atoms with van der Waals surface area (Å²) in [4.78, 5) is 23.3. The molecule has 1 aliphatic carbocycles. The number of ether oxygens (including phenoxy) is 2. The lowest BCUT2D eigenvalue weighted by atomic mass is 9.80. The maximum atomic E-state index is 11.6. The second-order valence-corrected chi connectivity index (χ2v) is 5.03. The molecule has 0 saturated heterocycles. The molecule has 4 nitrogen and oxygen atoms in total. The second kappa shape index (κ2) is 7.12. The van der Waals surface area contributed by atoms with Crippen molar-refractivity contribution in [3.05, 3.63) is 24.3 Å². The number of carbonyl (C=O) groups is 2. The van der Waals surface area contributed by atoms with Crippen molar-refractivity contribution >= 4 is 11.9 Å². The Hall–Kier alpha value is -1.58. The van der Waals surface area contributed by atoms with E-state index in [0.29, 0.717) is 12.3 Å². The van der Waals surface area contributed by atoms with Gasteiger partial charge in [-0.15, -0.1) is 0 Å². The molecule has 0 aromatic heterocycles. The van der Waals surface area contributed by atoms with Crippen molar-refractivity contribution in [1.82, 2.24) is 0 Å². The second-order valence-electron chi connectivity index (χ2n) is 5.03. The maximum Gasteiger partial charge on any atom is 0.320 e. The van der Waals surface area contributed by atoms with Crippen LogP contribution < -0.4 is 0 Å². The Labute approximate surface area is 114 Å². The Morgan fingerprint density at radius 1 is 1.37 bits per heavy atom. The van der Waals surface area contributed by atoms with Crippen molar-refractivity contribution in [2.24, 2.45) is 17.8 Å². The summed E-state index contributed by atoms with van der Waals surface area (Å²) in [7, 11) is 2.57. The first-order valence-electron chi connectivity index (χ1n) is 6.51. The molecule has 4 heteroatoms. The summed E-state index contributed by atoms with van der Waals surface area (Å²) in [6, 6.07) is 0. The molecule has 0 aliphatic heterocycles. The van der Waals surface area contributed by atoms with Gasteiger partial charge in [0.1, 0.15) is 0 Å². The van der Waals surface area contributed by atoms with Crippen LogP contribution in [0.25, 0.3) is 0 Å². The molecule has 0 spiro atoms. The van der Waals surface area contributed by atoms with Gasteiger partial charge in [-0.05, 0) is 31.1 Å². The predicted octanol–water partition coefficient (Wildman–Crippen LogP) is 2.50. The minimum absolute atomic E-state index is 0.215. The summed E-state index contributed by atoms with van der Waals surface area (Å²) in [5.74, 6) is -1.30. The van der Waals surface area contributed by atoms with Crippen molar-refractivity contribution < 1.29 is 19.1 Å². The van der Waals surface area contributed by atoms with Crippen molar-refractivity contribution in [3.63, 3.8) is 0 Å². The molecule has 0 bridgehead atoms. The van der Waals surface area contributed by atoms with Gasteiger partial charge in [0, 0.05) is 0 Å². The number of allylic oxidation sites excluding steroid dienone is 3. The van der Waals surface area contributed by atoms with Crippen molar-refractivity contribution in [1.29, 1.82) is 0 Å². The molecular weight excluding hydrogens is 244 g/mol. The van der Waals surface area contributed by atoms with E-state index in [9.17, 15) is 9.59 Å². The highest BCUT2D eigenvalue weighted by Crippen LogP contribution is 2.31. The lowest BCUT2D eigenvalue weighted by Gasteiger charge is -2.26. The minimum Gasteiger partial charge on any atom is -0.468 e. The van der Waals surface area contributed by atoms with Crippen LogP contribution in [-0.2, 0) is 19.1 Å². The standard InChI is InChI=1S/C15H22O4/c1-10-5-7-12(8-6-10)11(2)9-13(14(16)18-3)15(17)19-4/h5,7,11-13H,1,6,8-9H2,2-4H3/t11-,12+/m1/s1. The van der Waals surface area contributed by atoms with Gasteiger partial charge < -0.3 is 9.47 Å². The lowest BCUT2D eigenvalue weighted by Crippen LogP contribution is -2.30. The SMILES string of the molecule is C=C1C=C[C@H]([C@H](C)CC(C(=O)OC)C(=O)OC)CC1. The molecule has 1 rings (SSSR count). The Bertz CT molecular complexity index is 368. The summed E-state index contributed by atoms with van der Waals surface area (Å²) in [6.07, 6.45) is 6.55. The predicted molar refractivity (Wildman–Crippen MR) is 72.3 cm³/mol. The Morgan fingerprint density at radius 2 is 1.95 bits per heavy atom. The molecule has 0 saturated carbocycles. The summed E-state index contributed by atoms with van der Waals surface area (Å²) in [5.41, 5.74) is 1.13. The molecular formula is C15H22O4. The van der Waals surface area contributed by atoms with Crippen LogP contribution in [-0.4, -0.2) is 26.2 Å². The van der Waals surface area contributed by atoms with E-state index < -0.39 is 17.9 Å². The van der Waals surface area contributed by atoms with Crippen LogP contribution in [0.2, 0.25) is 0 Å². The van der Waals surface area contributed by atoms with E-state index in [1.807, 2.05) is 13.0 Å². The van der Waals surface area contributed by atoms with Gasteiger partial charge in [-0.3, -0.25) is 9.59 Å². The zero-order valence-electron chi connectivity index (χ0n) is 11.8. The van der Waals surface area contributed by atoms with Gasteiger partial charge in [0.05, 0.1) is 14.2 Å². The van der Waals surface area contributed by atoms with Crippen LogP contribution in [0.15, 0.2) is 24.3 Å². The fraction of sp³-hybridized carbons (Fsp3) is 0.600. The largest absolute Gasteiger partial charge is 0.468 e. The number of carbonyl (C=O) groups excluding carboxylic acids is 2. The van der Waals surface area contributed by atoms with Gasteiger partial charge >= 0.3 is 11.9 Å². The van der Waals surface area contributed by atoms with E-state index in [2.05, 4.69) is 22.1 Å². The van der Waals surface area contributed by atoms with Crippen LogP contribution in [0.4, 0.5) is 0 Å². The van der Waals surface area contributed by atoms with Crippen LogP contribution in [0, 0.1) is 17.8 Å². The Kier molecular flexibility index (Phi) is 5.80. The smallest absolute Gasteiger partial charge is 0.320 e. The van der Waals surface area contributed by atoms with Crippen LogP contribution in [0.5, 0.6) is 0 Å². The highest BCUT2D eigenvalue weighted by atomic mass is 16.5. The minimum atomic E-state index is -0.830. The molecule has 0 fully saturated rings. The third-order valence-electron chi connectivity index (χ3n) is 3.69. The maximum absolute atomic E-state index is 11.6. The fourth-order valence-corrected chi connectivity index (χ4v) is 2.39. The first-order chi connectivity index (χ1) is 8.99. The number of hydrogen-bond donors (Lipinski definition) is 0. The van der Waals surface area contributed by atoms with E-state index in [0.717, 1.165) is 18.4 Å². The van der Waals surface area contributed by atoms with Gasteiger partial charge in [-0.25, -0.2) is 0 Å². The number of hydrogen-bond acceptors (Lipinski definition) is 4. The third kappa shape index (κ3) is 4.23. The normalized spacial score (nSPS) is 20.2. The van der Waals surface area contributed by atoms with E-state index in [-0.39, 0.29) is 5.92 Å². The molecule has 1 aliphatic rings. The van der Waals surface area contributed by atoms with Crippen LogP contribution >= 0.6 is 0 Å². The van der Waals surface area contributed by atoms with Crippen molar-refractivity contribution in [3.8, 4) is 0 Å². The van der Waals surface area contributed by atoms with Crippen LogP contribution in [0.1, 0.15) is 26.2 Å². The first-order valence-corrected chi connectivity index (χ1v) is 6.51. The molecule has 0 amide bonds. The first kappa shape index (κ1) is 15.5. The van der Waals surface area contributed by atoms with Crippen molar-refractivity contribution in [2.75, 3.05) is 14.2 Å². The number of esters is 2. The molecule has 2 atom stereocenters. The topological polar surface area (TPSA) is 52.6 Å². The highest BCUT2D eigenvalue weighted by Gasteiger charge is 2.32. The monoisotopic (exact) mass is 266 g/mol. The summed E-state index contributed by atoms with van der Waals surface area (Å²) in [6.45, 7) is 5.96. The third-order valence-corrected chi connectivity index (χ3v) is 3.69. The average molecular weight is 266 g/mol. The zero-order valence-corrected chi connectivity index (χ0v) is 11.8. The summed E-state index contributed by atoms with van der Waals surface area (Å²) in [5, 5.41) is 0. The van der Waals surface area contributed by atoms with Crippen molar-refractivity contribution in [2.45, 2.75) is 26.2 Å². The number of methoxy groups -OCH3 is 2. The molecule has 0 aromatic rings. The van der Waals surface area contributed by atoms with Gasteiger partial charge in [0.2, 0.25) is 0 Å². The molecule has 0 heterocycles. The fourth-order valence-electron chi connectivity index (χ4n) is 2.39. The Balaban J connectivity index is 2.68.